The van der Waals surface area contributed by atoms with E-state index in [1.165, 1.54) is 12.8 Å². The van der Waals surface area contributed by atoms with Crippen LogP contribution in [-0.4, -0.2) is 19.0 Å². The summed E-state index contributed by atoms with van der Waals surface area (Å²) in [6.45, 7) is 4.29. The van der Waals surface area contributed by atoms with E-state index in [0.29, 0.717) is 24.0 Å². The Hall–Kier alpha value is -0.370. The van der Waals surface area contributed by atoms with Crippen LogP contribution >= 0.6 is 0 Å². The number of rotatable bonds is 6. The lowest BCUT2D eigenvalue weighted by atomic mass is 10.0. The molecule has 2 nitrogen and oxygen atoms in total. The number of hydrogen-bond donors (Lipinski definition) is 0. The fraction of sp³-hybridized carbons (Fsp3) is 0.909. The molecule has 0 bridgehead atoms. The second kappa shape index (κ2) is 4.75. The highest BCUT2D eigenvalue weighted by molar-refractivity contribution is 5.83. The maximum Gasteiger partial charge on any atom is 0.161 e. The zero-order valence-electron chi connectivity index (χ0n) is 8.88. The minimum atomic E-state index is -0.0984. The zero-order valence-corrected chi connectivity index (χ0v) is 8.88. The van der Waals surface area contributed by atoms with Crippen LogP contribution in [0.3, 0.4) is 0 Å². The first-order valence-corrected chi connectivity index (χ1v) is 5.20. The highest BCUT2D eigenvalue weighted by Gasteiger charge is 2.35. The van der Waals surface area contributed by atoms with Gasteiger partial charge in [-0.3, -0.25) is 4.79 Å². The quantitative estimate of drug-likeness (QED) is 0.633. The molecule has 76 valence electrons. The van der Waals surface area contributed by atoms with Crippen molar-refractivity contribution in [2.45, 2.75) is 45.6 Å². The number of Topliss-reactive ketones (excluding diaryl/α,β-unsaturated/α-hetero) is 1. The van der Waals surface area contributed by atoms with Crippen molar-refractivity contribution >= 4 is 5.78 Å². The molecule has 0 heterocycles. The molecular formula is C11H20O2. The molecule has 0 saturated heterocycles. The fourth-order valence-electron chi connectivity index (χ4n) is 1.56. The summed E-state index contributed by atoms with van der Waals surface area (Å²) in [4.78, 5) is 11.6. The summed E-state index contributed by atoms with van der Waals surface area (Å²) in [7, 11) is 1.65. The Morgan fingerprint density at radius 1 is 1.46 bits per heavy atom. The number of carbonyl (C=O) groups excluding carboxylic acids is 1. The lowest BCUT2D eigenvalue weighted by Gasteiger charge is -2.13. The van der Waals surface area contributed by atoms with E-state index in [4.69, 9.17) is 4.74 Å². The van der Waals surface area contributed by atoms with Crippen molar-refractivity contribution in [3.8, 4) is 0 Å². The molecule has 1 fully saturated rings. The standard InChI is InChI=1S/C11H20O2/c1-8(2)4-7-10(12)11(13-3)9-5-6-9/h8-9,11H,4-7H2,1-3H3. The van der Waals surface area contributed by atoms with Gasteiger partial charge in [0, 0.05) is 13.5 Å². The van der Waals surface area contributed by atoms with Gasteiger partial charge in [0.2, 0.25) is 0 Å². The molecule has 0 aromatic rings. The number of ketones is 1. The average Bonchev–Trinajstić information content (AvgIpc) is 2.86. The predicted molar refractivity (Wildman–Crippen MR) is 52.6 cm³/mol. The van der Waals surface area contributed by atoms with Crippen LogP contribution in [0.2, 0.25) is 0 Å². The van der Waals surface area contributed by atoms with Crippen LogP contribution in [0, 0.1) is 11.8 Å². The maximum atomic E-state index is 11.6. The average molecular weight is 184 g/mol. The van der Waals surface area contributed by atoms with Gasteiger partial charge in [-0.05, 0) is 31.1 Å². The zero-order chi connectivity index (χ0) is 9.84. The van der Waals surface area contributed by atoms with E-state index >= 15 is 0 Å². The summed E-state index contributed by atoms with van der Waals surface area (Å²) in [6.07, 6.45) is 3.93. The van der Waals surface area contributed by atoms with Crippen LogP contribution in [0.25, 0.3) is 0 Å². The predicted octanol–water partition coefficient (Wildman–Crippen LogP) is 2.42. The summed E-state index contributed by atoms with van der Waals surface area (Å²) in [5.41, 5.74) is 0. The Morgan fingerprint density at radius 3 is 2.46 bits per heavy atom. The van der Waals surface area contributed by atoms with Gasteiger partial charge in [0.15, 0.2) is 5.78 Å². The topological polar surface area (TPSA) is 26.3 Å². The SMILES string of the molecule is COC(C(=O)CCC(C)C)C1CC1. The summed E-state index contributed by atoms with van der Waals surface area (Å²) < 4.78 is 5.22. The lowest BCUT2D eigenvalue weighted by molar-refractivity contribution is -0.130. The molecule has 1 atom stereocenters. The van der Waals surface area contributed by atoms with E-state index < -0.39 is 0 Å². The molecule has 1 rings (SSSR count). The van der Waals surface area contributed by atoms with Crippen molar-refractivity contribution in [2.75, 3.05) is 7.11 Å². The van der Waals surface area contributed by atoms with Gasteiger partial charge in [-0.25, -0.2) is 0 Å². The van der Waals surface area contributed by atoms with E-state index in [-0.39, 0.29) is 6.10 Å². The fourth-order valence-corrected chi connectivity index (χ4v) is 1.56. The van der Waals surface area contributed by atoms with Crippen molar-refractivity contribution in [3.05, 3.63) is 0 Å². The van der Waals surface area contributed by atoms with E-state index in [0.717, 1.165) is 6.42 Å². The molecule has 1 unspecified atom stereocenters. The Bertz CT molecular complexity index is 171. The van der Waals surface area contributed by atoms with Gasteiger partial charge in [0.1, 0.15) is 6.10 Å². The number of carbonyl (C=O) groups is 1. The minimum Gasteiger partial charge on any atom is -0.373 e. The van der Waals surface area contributed by atoms with E-state index in [1.807, 2.05) is 0 Å². The van der Waals surface area contributed by atoms with E-state index in [2.05, 4.69) is 13.8 Å². The second-order valence-corrected chi connectivity index (χ2v) is 4.39. The van der Waals surface area contributed by atoms with Crippen LogP contribution in [0.15, 0.2) is 0 Å². The molecular weight excluding hydrogens is 164 g/mol. The third-order valence-electron chi connectivity index (χ3n) is 2.59. The summed E-state index contributed by atoms with van der Waals surface area (Å²) in [6, 6.07) is 0. The Labute approximate surface area is 80.7 Å². The molecule has 2 heteroatoms. The second-order valence-electron chi connectivity index (χ2n) is 4.39. The van der Waals surface area contributed by atoms with Crippen molar-refractivity contribution in [1.82, 2.24) is 0 Å². The molecule has 0 aromatic heterocycles. The van der Waals surface area contributed by atoms with E-state index in [1.54, 1.807) is 7.11 Å². The molecule has 0 N–H and O–H groups in total. The number of ether oxygens (including phenoxy) is 1. The first kappa shape index (κ1) is 10.7. The van der Waals surface area contributed by atoms with Crippen LogP contribution in [0.4, 0.5) is 0 Å². The molecule has 0 spiro atoms. The van der Waals surface area contributed by atoms with Crippen LogP contribution in [0.5, 0.6) is 0 Å². The molecule has 0 radical (unpaired) electrons. The molecule has 0 amide bonds. The van der Waals surface area contributed by atoms with Crippen molar-refractivity contribution in [2.24, 2.45) is 11.8 Å². The largest absolute Gasteiger partial charge is 0.373 e. The van der Waals surface area contributed by atoms with Gasteiger partial charge < -0.3 is 4.74 Å². The lowest BCUT2D eigenvalue weighted by Crippen LogP contribution is -2.25. The summed E-state index contributed by atoms with van der Waals surface area (Å²) in [5.74, 6) is 1.45. The minimum absolute atomic E-state index is 0.0984. The summed E-state index contributed by atoms with van der Waals surface area (Å²) in [5, 5.41) is 0. The highest BCUT2D eigenvalue weighted by Crippen LogP contribution is 2.35. The number of hydrogen-bond acceptors (Lipinski definition) is 2. The van der Waals surface area contributed by atoms with Gasteiger partial charge in [0.25, 0.3) is 0 Å². The maximum absolute atomic E-state index is 11.6. The van der Waals surface area contributed by atoms with Gasteiger partial charge in [-0.1, -0.05) is 13.8 Å². The van der Waals surface area contributed by atoms with Crippen molar-refractivity contribution in [3.63, 3.8) is 0 Å². The third kappa shape index (κ3) is 3.47. The molecule has 1 aliphatic rings. The molecule has 0 aliphatic heterocycles. The molecule has 1 saturated carbocycles. The smallest absolute Gasteiger partial charge is 0.161 e. The number of methoxy groups -OCH3 is 1. The first-order chi connectivity index (χ1) is 6.15. The van der Waals surface area contributed by atoms with Gasteiger partial charge in [0.05, 0.1) is 0 Å². The van der Waals surface area contributed by atoms with Crippen LogP contribution < -0.4 is 0 Å². The Morgan fingerprint density at radius 2 is 2.08 bits per heavy atom. The first-order valence-electron chi connectivity index (χ1n) is 5.20. The molecule has 1 aliphatic carbocycles. The van der Waals surface area contributed by atoms with Gasteiger partial charge in [-0.2, -0.15) is 0 Å². The van der Waals surface area contributed by atoms with Crippen molar-refractivity contribution in [1.29, 1.82) is 0 Å². The normalized spacial score (nSPS) is 19.1. The Balaban J connectivity index is 2.27. The summed E-state index contributed by atoms with van der Waals surface area (Å²) >= 11 is 0. The van der Waals surface area contributed by atoms with Crippen LogP contribution in [0.1, 0.15) is 39.5 Å². The molecule has 13 heavy (non-hydrogen) atoms. The molecule has 0 aromatic carbocycles. The van der Waals surface area contributed by atoms with Crippen molar-refractivity contribution < 1.29 is 9.53 Å². The monoisotopic (exact) mass is 184 g/mol. The van der Waals surface area contributed by atoms with E-state index in [9.17, 15) is 4.79 Å². The van der Waals surface area contributed by atoms with Gasteiger partial charge in [-0.15, -0.1) is 0 Å². The third-order valence-corrected chi connectivity index (χ3v) is 2.59. The Kier molecular flexibility index (Phi) is 3.91. The van der Waals surface area contributed by atoms with Gasteiger partial charge >= 0.3 is 0 Å². The highest BCUT2D eigenvalue weighted by atomic mass is 16.5. The van der Waals surface area contributed by atoms with Crippen LogP contribution in [-0.2, 0) is 9.53 Å².